The van der Waals surface area contributed by atoms with Crippen molar-refractivity contribution < 1.29 is 4.79 Å². The SMILES string of the molecule is CNCCCC(=O)N1CC(C)CC1(C)C.Cl. The zero-order valence-electron chi connectivity index (χ0n) is 10.9. The molecule has 0 aromatic rings. The van der Waals surface area contributed by atoms with E-state index in [4.69, 9.17) is 0 Å². The molecular weight excluding hydrogens is 224 g/mol. The molecule has 1 saturated heterocycles. The lowest BCUT2D eigenvalue weighted by Gasteiger charge is -2.31. The summed E-state index contributed by atoms with van der Waals surface area (Å²) in [7, 11) is 1.92. The molecule has 0 aromatic carbocycles. The summed E-state index contributed by atoms with van der Waals surface area (Å²) in [5.41, 5.74) is 0.0656. The van der Waals surface area contributed by atoms with Gasteiger partial charge in [-0.3, -0.25) is 4.79 Å². The first kappa shape index (κ1) is 15.7. The Hall–Kier alpha value is -0.280. The largest absolute Gasteiger partial charge is 0.337 e. The van der Waals surface area contributed by atoms with Gasteiger partial charge in [0.05, 0.1) is 0 Å². The predicted molar refractivity (Wildman–Crippen MR) is 70.0 cm³/mol. The van der Waals surface area contributed by atoms with Gasteiger partial charge in [0.1, 0.15) is 0 Å². The fraction of sp³-hybridized carbons (Fsp3) is 0.917. The molecule has 1 amide bonds. The van der Waals surface area contributed by atoms with Crippen LogP contribution in [0.3, 0.4) is 0 Å². The Labute approximate surface area is 105 Å². The standard InChI is InChI=1S/C12H24N2O.ClH/c1-10-8-12(2,3)14(9-10)11(15)6-5-7-13-4;/h10,13H,5-9H2,1-4H3;1H. The van der Waals surface area contributed by atoms with E-state index >= 15 is 0 Å². The van der Waals surface area contributed by atoms with Crippen molar-refractivity contribution in [2.45, 2.75) is 45.6 Å². The van der Waals surface area contributed by atoms with Crippen molar-refractivity contribution in [3.63, 3.8) is 0 Å². The van der Waals surface area contributed by atoms with E-state index in [0.29, 0.717) is 18.2 Å². The molecule has 96 valence electrons. The second-order valence-electron chi connectivity index (χ2n) is 5.33. The van der Waals surface area contributed by atoms with E-state index in [2.05, 4.69) is 31.0 Å². The average Bonchev–Trinajstić information content (AvgIpc) is 2.39. The summed E-state index contributed by atoms with van der Waals surface area (Å²) in [6.07, 6.45) is 2.75. The van der Waals surface area contributed by atoms with Crippen molar-refractivity contribution in [3.8, 4) is 0 Å². The molecule has 0 saturated carbocycles. The number of amides is 1. The molecule has 1 aliphatic rings. The summed E-state index contributed by atoms with van der Waals surface area (Å²) in [5, 5.41) is 3.07. The summed E-state index contributed by atoms with van der Waals surface area (Å²) < 4.78 is 0. The predicted octanol–water partition coefficient (Wildman–Crippen LogP) is 2.05. The fourth-order valence-corrected chi connectivity index (χ4v) is 2.58. The van der Waals surface area contributed by atoms with Gasteiger partial charge in [0.25, 0.3) is 0 Å². The molecule has 3 nitrogen and oxygen atoms in total. The molecule has 1 rings (SSSR count). The van der Waals surface area contributed by atoms with E-state index in [0.717, 1.165) is 25.9 Å². The third-order valence-corrected chi connectivity index (χ3v) is 3.19. The van der Waals surface area contributed by atoms with Crippen LogP contribution >= 0.6 is 12.4 Å². The smallest absolute Gasteiger partial charge is 0.223 e. The zero-order valence-corrected chi connectivity index (χ0v) is 11.7. The third-order valence-electron chi connectivity index (χ3n) is 3.19. The maximum Gasteiger partial charge on any atom is 0.223 e. The molecule has 16 heavy (non-hydrogen) atoms. The van der Waals surface area contributed by atoms with Crippen molar-refractivity contribution in [1.82, 2.24) is 10.2 Å². The molecular formula is C12H25ClN2O. The van der Waals surface area contributed by atoms with Crippen LogP contribution in [0.25, 0.3) is 0 Å². The van der Waals surface area contributed by atoms with E-state index in [1.807, 2.05) is 7.05 Å². The summed E-state index contributed by atoms with van der Waals surface area (Å²) in [6, 6.07) is 0. The maximum atomic E-state index is 12.0. The first-order valence-corrected chi connectivity index (χ1v) is 5.92. The molecule has 1 heterocycles. The highest BCUT2D eigenvalue weighted by Crippen LogP contribution is 2.32. The molecule has 4 heteroatoms. The molecule has 1 N–H and O–H groups in total. The van der Waals surface area contributed by atoms with Gasteiger partial charge < -0.3 is 10.2 Å². The monoisotopic (exact) mass is 248 g/mol. The summed E-state index contributed by atoms with van der Waals surface area (Å²) in [4.78, 5) is 14.0. The Morgan fingerprint density at radius 2 is 2.12 bits per heavy atom. The highest BCUT2D eigenvalue weighted by Gasteiger charge is 2.38. The molecule has 1 unspecified atom stereocenters. The Balaban J connectivity index is 0.00000225. The zero-order chi connectivity index (χ0) is 11.5. The number of hydrogen-bond acceptors (Lipinski definition) is 2. The van der Waals surface area contributed by atoms with Gasteiger partial charge >= 0.3 is 0 Å². The Morgan fingerprint density at radius 1 is 1.50 bits per heavy atom. The van der Waals surface area contributed by atoms with Crippen molar-refractivity contribution in [3.05, 3.63) is 0 Å². The molecule has 1 fully saturated rings. The van der Waals surface area contributed by atoms with Crippen LogP contribution < -0.4 is 5.32 Å². The van der Waals surface area contributed by atoms with E-state index in [1.54, 1.807) is 0 Å². The number of nitrogens with zero attached hydrogens (tertiary/aromatic N) is 1. The first-order chi connectivity index (χ1) is 6.97. The topological polar surface area (TPSA) is 32.3 Å². The lowest BCUT2D eigenvalue weighted by molar-refractivity contribution is -0.134. The number of carbonyl (C=O) groups excluding carboxylic acids is 1. The minimum atomic E-state index is 0. The lowest BCUT2D eigenvalue weighted by Crippen LogP contribution is -2.42. The van der Waals surface area contributed by atoms with Gasteiger partial charge in [0.2, 0.25) is 5.91 Å². The highest BCUT2D eigenvalue weighted by atomic mass is 35.5. The van der Waals surface area contributed by atoms with Crippen LogP contribution in [0.4, 0.5) is 0 Å². The minimum absolute atomic E-state index is 0. The lowest BCUT2D eigenvalue weighted by atomic mass is 9.97. The molecule has 1 atom stereocenters. The highest BCUT2D eigenvalue weighted by molar-refractivity contribution is 5.85. The third kappa shape index (κ3) is 3.95. The van der Waals surface area contributed by atoms with Gasteiger partial charge in [-0.2, -0.15) is 0 Å². The van der Waals surface area contributed by atoms with Crippen molar-refractivity contribution >= 4 is 18.3 Å². The summed E-state index contributed by atoms with van der Waals surface area (Å²) >= 11 is 0. The van der Waals surface area contributed by atoms with E-state index in [9.17, 15) is 4.79 Å². The second kappa shape index (κ2) is 6.45. The van der Waals surface area contributed by atoms with Crippen LogP contribution in [0.2, 0.25) is 0 Å². The van der Waals surface area contributed by atoms with Gasteiger partial charge in [-0.05, 0) is 46.2 Å². The number of rotatable bonds is 4. The molecule has 0 radical (unpaired) electrons. The number of likely N-dealkylation sites (tertiary alicyclic amines) is 1. The molecule has 0 bridgehead atoms. The van der Waals surface area contributed by atoms with Crippen molar-refractivity contribution in [2.75, 3.05) is 20.1 Å². The van der Waals surface area contributed by atoms with Gasteiger partial charge in [0.15, 0.2) is 0 Å². The van der Waals surface area contributed by atoms with E-state index < -0.39 is 0 Å². The average molecular weight is 249 g/mol. The Bertz CT molecular complexity index is 231. The number of hydrogen-bond donors (Lipinski definition) is 1. The number of halogens is 1. The fourth-order valence-electron chi connectivity index (χ4n) is 2.58. The van der Waals surface area contributed by atoms with Gasteiger partial charge in [-0.25, -0.2) is 0 Å². The van der Waals surface area contributed by atoms with Crippen LogP contribution in [0, 0.1) is 5.92 Å². The minimum Gasteiger partial charge on any atom is -0.337 e. The van der Waals surface area contributed by atoms with Crippen LogP contribution in [0.15, 0.2) is 0 Å². The second-order valence-corrected chi connectivity index (χ2v) is 5.33. The number of carbonyl (C=O) groups is 1. The summed E-state index contributed by atoms with van der Waals surface area (Å²) in [6.45, 7) is 8.43. The van der Waals surface area contributed by atoms with E-state index in [-0.39, 0.29) is 17.9 Å². The van der Waals surface area contributed by atoms with Crippen LogP contribution in [0.1, 0.15) is 40.0 Å². The maximum absolute atomic E-state index is 12.0. The van der Waals surface area contributed by atoms with Crippen LogP contribution in [0.5, 0.6) is 0 Å². The van der Waals surface area contributed by atoms with Gasteiger partial charge in [0, 0.05) is 18.5 Å². The quantitative estimate of drug-likeness (QED) is 0.773. The van der Waals surface area contributed by atoms with Crippen molar-refractivity contribution in [1.29, 1.82) is 0 Å². The van der Waals surface area contributed by atoms with Gasteiger partial charge in [-0.15, -0.1) is 12.4 Å². The van der Waals surface area contributed by atoms with E-state index in [1.165, 1.54) is 0 Å². The van der Waals surface area contributed by atoms with Crippen LogP contribution in [-0.2, 0) is 4.79 Å². The normalized spacial score (nSPS) is 23.0. The molecule has 1 aliphatic heterocycles. The molecule has 0 aliphatic carbocycles. The van der Waals surface area contributed by atoms with Gasteiger partial charge in [-0.1, -0.05) is 6.92 Å². The summed E-state index contributed by atoms with van der Waals surface area (Å²) in [5.74, 6) is 0.966. The Kier molecular flexibility index (Phi) is 6.34. The molecule has 0 aromatic heterocycles. The number of nitrogens with one attached hydrogen (secondary N) is 1. The Morgan fingerprint density at radius 3 is 2.56 bits per heavy atom. The first-order valence-electron chi connectivity index (χ1n) is 5.92. The van der Waals surface area contributed by atoms with Crippen LogP contribution in [-0.4, -0.2) is 36.5 Å². The van der Waals surface area contributed by atoms with Crippen molar-refractivity contribution in [2.24, 2.45) is 5.92 Å². The molecule has 0 spiro atoms.